The van der Waals surface area contributed by atoms with Crippen molar-refractivity contribution in [2.24, 2.45) is 10.8 Å². The highest BCUT2D eigenvalue weighted by Gasteiger charge is 2.49. The predicted molar refractivity (Wildman–Crippen MR) is 168 cm³/mol. The Balaban J connectivity index is 1.43. The molecule has 1 fully saturated rings. The number of hydrogen-bond donors (Lipinski definition) is 7. The fraction of sp³-hybridized carbons (Fsp3) is 0.394. The van der Waals surface area contributed by atoms with E-state index in [2.05, 4.69) is 10.5 Å². The van der Waals surface area contributed by atoms with Gasteiger partial charge in [-0.2, -0.15) is 5.10 Å². The molecule has 50 heavy (non-hydrogen) atoms. The van der Waals surface area contributed by atoms with Crippen molar-refractivity contribution >= 4 is 35.0 Å². The van der Waals surface area contributed by atoms with Gasteiger partial charge >= 0.3 is 0 Å². The van der Waals surface area contributed by atoms with Crippen molar-refractivity contribution in [1.29, 1.82) is 0 Å². The first-order chi connectivity index (χ1) is 23.7. The average Bonchev–Trinajstić information content (AvgIpc) is 3.39. The second-order valence-electron chi connectivity index (χ2n) is 12.4. The lowest BCUT2D eigenvalue weighted by atomic mass is 9.71. The molecular formula is C33H34N4O13. The molecule has 2 aliphatic carbocycles. The maximum absolute atomic E-state index is 13.9. The zero-order chi connectivity index (χ0) is 36.2. The number of aliphatic hydroxyl groups excluding tert-OH is 2. The summed E-state index contributed by atoms with van der Waals surface area (Å²) in [5, 5.41) is 60.0. The van der Waals surface area contributed by atoms with Gasteiger partial charge in [-0.1, -0.05) is 12.1 Å². The zero-order valence-corrected chi connectivity index (χ0v) is 26.8. The minimum Gasteiger partial charge on any atom is -0.507 e. The number of rotatable bonds is 8. The van der Waals surface area contributed by atoms with Crippen LogP contribution in [0, 0.1) is 0 Å². The normalized spacial score (nSPS) is 27.6. The van der Waals surface area contributed by atoms with Crippen molar-refractivity contribution < 1.29 is 63.7 Å². The van der Waals surface area contributed by atoms with Crippen LogP contribution in [0.1, 0.15) is 68.8 Å². The third kappa shape index (κ3) is 5.72. The number of aliphatic hydroxyl groups is 3. The Morgan fingerprint density at radius 3 is 2.42 bits per heavy atom. The monoisotopic (exact) mass is 694 g/mol. The van der Waals surface area contributed by atoms with Crippen LogP contribution in [0.2, 0.25) is 0 Å². The number of benzene rings is 2. The van der Waals surface area contributed by atoms with Crippen molar-refractivity contribution in [2.75, 3.05) is 20.3 Å². The van der Waals surface area contributed by atoms with Gasteiger partial charge in [-0.25, -0.2) is 5.43 Å². The highest BCUT2D eigenvalue weighted by atomic mass is 16.7. The van der Waals surface area contributed by atoms with Gasteiger partial charge in [-0.05, 0) is 13.0 Å². The number of nitrogens with two attached hydrogens (primary N) is 1. The van der Waals surface area contributed by atoms with Crippen LogP contribution in [0.3, 0.4) is 0 Å². The quantitative estimate of drug-likeness (QED) is 0.0634. The summed E-state index contributed by atoms with van der Waals surface area (Å²) < 4.78 is 17.3. The van der Waals surface area contributed by atoms with Gasteiger partial charge in [-0.15, -0.1) is 0 Å². The van der Waals surface area contributed by atoms with E-state index < -0.39 is 120 Å². The SMILES string of the molecule is COc1cccc2c1C(=O)c1c(O)c3c(c(O)c1C2=O)C[C@@](O)(/C(CO)=N/NC(=O)CN1C(=O)C=CC1=O)CC3O[C@H]1CC(N)C(O)C(C)O1. The predicted octanol–water partition coefficient (Wildman–Crippen LogP) is -1.17. The second kappa shape index (κ2) is 13.0. The first-order valence-electron chi connectivity index (χ1n) is 15.5. The molecule has 6 rings (SSSR count). The standard InChI is InChI=1S/C33H34N4O13/c1-13-28(42)16(34)8-23(49-13)50-18-10-33(47,19(12-38)35-36-20(39)11-37-21(40)6-7-22(37)41)9-15-25(18)32(46)27-26(30(15)44)29(43)14-4-3-5-17(48-2)24(14)31(27)45/h3-7,13,16,18,23,28,38,42,44,46-47H,8-12,34H2,1-2H3,(H,36,39)/b35-19+/t13?,16?,18?,23-,28?,33-/m0/s1. The molecule has 2 heterocycles. The number of carbonyl (C=O) groups is 5. The van der Waals surface area contributed by atoms with Gasteiger partial charge in [0.15, 0.2) is 12.1 Å². The van der Waals surface area contributed by atoms with Crippen molar-refractivity contribution in [2.45, 2.75) is 62.4 Å². The summed E-state index contributed by atoms with van der Waals surface area (Å²) in [7, 11) is 1.30. The maximum atomic E-state index is 13.9. The summed E-state index contributed by atoms with van der Waals surface area (Å²) in [4.78, 5) is 64.7. The summed E-state index contributed by atoms with van der Waals surface area (Å²) in [5.74, 6) is -5.44. The van der Waals surface area contributed by atoms with E-state index in [1.807, 2.05) is 0 Å². The summed E-state index contributed by atoms with van der Waals surface area (Å²) in [6, 6.07) is 3.50. The molecule has 1 saturated heterocycles. The Hall–Kier alpha value is -5.04. The third-order valence-electron chi connectivity index (χ3n) is 9.35. The number of hydrazone groups is 1. The number of ether oxygens (including phenoxy) is 3. The minimum absolute atomic E-state index is 0.0464. The second-order valence-corrected chi connectivity index (χ2v) is 12.4. The van der Waals surface area contributed by atoms with E-state index in [1.54, 1.807) is 6.92 Å². The topological polar surface area (TPSA) is 268 Å². The third-order valence-corrected chi connectivity index (χ3v) is 9.35. The minimum atomic E-state index is -2.25. The smallest absolute Gasteiger partial charge is 0.260 e. The van der Waals surface area contributed by atoms with Crippen LogP contribution >= 0.6 is 0 Å². The van der Waals surface area contributed by atoms with E-state index in [0.717, 1.165) is 12.2 Å². The fourth-order valence-corrected chi connectivity index (χ4v) is 6.79. The lowest BCUT2D eigenvalue weighted by Crippen LogP contribution is -2.53. The molecule has 0 spiro atoms. The molecule has 2 aliphatic heterocycles. The van der Waals surface area contributed by atoms with E-state index in [-0.39, 0.29) is 34.4 Å². The first kappa shape index (κ1) is 34.8. The number of imide groups is 1. The van der Waals surface area contributed by atoms with Crippen molar-refractivity contribution in [3.05, 3.63) is 63.7 Å². The van der Waals surface area contributed by atoms with E-state index >= 15 is 0 Å². The van der Waals surface area contributed by atoms with E-state index in [1.165, 1.54) is 25.3 Å². The highest BCUT2D eigenvalue weighted by molar-refractivity contribution is 6.31. The molecule has 3 amide bonds. The molecule has 2 aromatic carbocycles. The van der Waals surface area contributed by atoms with Gasteiger partial charge in [0.2, 0.25) is 5.78 Å². The lowest BCUT2D eigenvalue weighted by molar-refractivity contribution is -0.245. The molecule has 0 bridgehead atoms. The maximum Gasteiger partial charge on any atom is 0.260 e. The van der Waals surface area contributed by atoms with Gasteiger partial charge in [0, 0.05) is 54.1 Å². The van der Waals surface area contributed by atoms with Crippen molar-refractivity contribution in [3.63, 3.8) is 0 Å². The number of phenols is 2. The number of nitrogens with zero attached hydrogens (tertiary/aromatic N) is 2. The zero-order valence-electron chi connectivity index (χ0n) is 26.8. The van der Waals surface area contributed by atoms with Crippen molar-refractivity contribution in [3.8, 4) is 17.2 Å². The first-order valence-corrected chi connectivity index (χ1v) is 15.5. The van der Waals surface area contributed by atoms with Crippen molar-refractivity contribution in [1.82, 2.24) is 10.3 Å². The molecule has 0 saturated carbocycles. The Kier molecular flexibility index (Phi) is 9.06. The molecule has 264 valence electrons. The number of ketones is 2. The Labute approximate surface area is 283 Å². The Morgan fingerprint density at radius 1 is 1.10 bits per heavy atom. The average molecular weight is 695 g/mol. The fourth-order valence-electron chi connectivity index (χ4n) is 6.79. The molecule has 2 aromatic rings. The van der Waals surface area contributed by atoms with E-state index in [9.17, 15) is 49.5 Å². The van der Waals surface area contributed by atoms with Gasteiger partial charge in [-0.3, -0.25) is 28.9 Å². The number of hydrogen-bond acceptors (Lipinski definition) is 15. The number of phenolic OH excluding ortho intramolecular Hbond substituents is 2. The summed E-state index contributed by atoms with van der Waals surface area (Å²) in [6.07, 6.45) is -3.60. The summed E-state index contributed by atoms with van der Waals surface area (Å²) in [6.45, 7) is -0.122. The molecule has 0 aromatic heterocycles. The van der Waals surface area contributed by atoms with Crippen LogP contribution in [0.15, 0.2) is 35.5 Å². The Morgan fingerprint density at radius 2 is 1.78 bits per heavy atom. The molecule has 6 atom stereocenters. The summed E-state index contributed by atoms with van der Waals surface area (Å²) in [5.41, 5.74) is 3.81. The van der Waals surface area contributed by atoms with Crippen LogP contribution in [0.25, 0.3) is 0 Å². The van der Waals surface area contributed by atoms with E-state index in [0.29, 0.717) is 4.90 Å². The molecule has 17 heteroatoms. The highest BCUT2D eigenvalue weighted by Crippen LogP contribution is 2.52. The van der Waals surface area contributed by atoms with Crippen LogP contribution in [0.5, 0.6) is 17.2 Å². The number of nitrogens with one attached hydrogen (secondary N) is 1. The van der Waals surface area contributed by atoms with E-state index in [4.69, 9.17) is 19.9 Å². The molecular weight excluding hydrogens is 660 g/mol. The van der Waals surface area contributed by atoms with Gasteiger partial charge in [0.1, 0.15) is 29.4 Å². The van der Waals surface area contributed by atoms with Gasteiger partial charge in [0.05, 0.1) is 54.4 Å². The molecule has 8 N–H and O–H groups in total. The van der Waals surface area contributed by atoms with Crippen LogP contribution in [-0.4, -0.2) is 116 Å². The number of aromatic hydroxyl groups is 2. The van der Waals surface area contributed by atoms with Gasteiger partial charge in [0.25, 0.3) is 17.7 Å². The van der Waals surface area contributed by atoms with Gasteiger partial charge < -0.3 is 45.5 Å². The number of amides is 3. The largest absolute Gasteiger partial charge is 0.507 e. The number of fused-ring (bicyclic) bond motifs is 3. The summed E-state index contributed by atoms with van der Waals surface area (Å²) >= 11 is 0. The number of carbonyl (C=O) groups excluding carboxylic acids is 5. The van der Waals surface area contributed by atoms with Crippen LogP contribution in [-0.2, 0) is 30.3 Å². The molecule has 17 nitrogen and oxygen atoms in total. The molecule has 4 unspecified atom stereocenters. The Bertz CT molecular complexity index is 1860. The molecule has 4 aliphatic rings. The molecule has 0 radical (unpaired) electrons. The number of methoxy groups -OCH3 is 1. The lowest BCUT2D eigenvalue weighted by Gasteiger charge is -2.43. The van der Waals surface area contributed by atoms with Crippen LogP contribution < -0.4 is 15.9 Å². The van der Waals surface area contributed by atoms with Crippen LogP contribution in [0.4, 0.5) is 0 Å².